The minimum absolute atomic E-state index is 0.750. The quantitative estimate of drug-likeness (QED) is 0.776. The molecule has 2 aromatic carbocycles. The van der Waals surface area contributed by atoms with Crippen LogP contribution in [0, 0.1) is 6.92 Å². The molecule has 0 bridgehead atoms. The Morgan fingerprint density at radius 2 is 1.60 bits per heavy atom. The summed E-state index contributed by atoms with van der Waals surface area (Å²) in [6.45, 7) is 2.78. The average Bonchev–Trinajstić information content (AvgIpc) is 2.88. The van der Waals surface area contributed by atoms with Gasteiger partial charge in [0.25, 0.3) is 0 Å². The van der Waals surface area contributed by atoms with Crippen molar-refractivity contribution < 1.29 is 0 Å². The number of rotatable bonds is 4. The maximum atomic E-state index is 4.43. The van der Waals surface area contributed by atoms with Crippen LogP contribution in [0.1, 0.15) is 11.5 Å². The predicted octanol–water partition coefficient (Wildman–Crippen LogP) is 3.79. The third kappa shape index (κ3) is 2.57. The Morgan fingerprint density at radius 3 is 2.30 bits per heavy atom. The monoisotopic (exact) mass is 263 g/mol. The second-order valence-corrected chi connectivity index (χ2v) is 4.69. The molecule has 0 fully saturated rings. The second kappa shape index (κ2) is 5.61. The van der Waals surface area contributed by atoms with E-state index < -0.39 is 0 Å². The second-order valence-electron chi connectivity index (χ2n) is 4.69. The highest BCUT2D eigenvalue weighted by molar-refractivity contribution is 5.43. The van der Waals surface area contributed by atoms with Crippen LogP contribution in [0.2, 0.25) is 0 Å². The molecule has 0 atom stereocenters. The van der Waals surface area contributed by atoms with Crippen LogP contribution in [-0.2, 0) is 6.54 Å². The van der Waals surface area contributed by atoms with Crippen molar-refractivity contribution in [3.63, 3.8) is 0 Å². The van der Waals surface area contributed by atoms with Crippen molar-refractivity contribution in [2.24, 2.45) is 0 Å². The third-order valence-electron chi connectivity index (χ3n) is 3.27. The third-order valence-corrected chi connectivity index (χ3v) is 3.27. The van der Waals surface area contributed by atoms with Gasteiger partial charge in [-0.15, -0.1) is 0 Å². The van der Waals surface area contributed by atoms with Crippen LogP contribution in [0.25, 0.3) is 5.69 Å². The van der Waals surface area contributed by atoms with Gasteiger partial charge >= 0.3 is 0 Å². The maximum Gasteiger partial charge on any atom is 0.110 e. The number of nitrogens with one attached hydrogen (secondary N) is 1. The number of nitrogens with zero attached hydrogens (tertiary/aromatic N) is 2. The molecule has 0 unspecified atom stereocenters. The molecular formula is C17H17N3. The Morgan fingerprint density at radius 1 is 0.950 bits per heavy atom. The van der Waals surface area contributed by atoms with E-state index in [1.54, 1.807) is 0 Å². The summed E-state index contributed by atoms with van der Waals surface area (Å²) in [5, 5.41) is 3.42. The van der Waals surface area contributed by atoms with Gasteiger partial charge in [-0.25, -0.2) is 4.98 Å². The molecule has 0 aliphatic heterocycles. The van der Waals surface area contributed by atoms with Gasteiger partial charge in [-0.3, -0.25) is 4.57 Å². The lowest BCUT2D eigenvalue weighted by atomic mass is 10.3. The highest BCUT2D eigenvalue weighted by Crippen LogP contribution is 2.16. The first-order valence-corrected chi connectivity index (χ1v) is 6.72. The maximum absolute atomic E-state index is 4.43. The fourth-order valence-electron chi connectivity index (χ4n) is 2.29. The predicted molar refractivity (Wildman–Crippen MR) is 82.1 cm³/mol. The van der Waals surface area contributed by atoms with Crippen molar-refractivity contribution in [2.75, 3.05) is 5.32 Å². The molecule has 0 spiro atoms. The summed E-state index contributed by atoms with van der Waals surface area (Å²) in [7, 11) is 0. The van der Waals surface area contributed by atoms with Crippen LogP contribution >= 0.6 is 0 Å². The molecule has 1 aromatic heterocycles. The molecule has 3 heteroatoms. The standard InChI is InChI=1S/C17H17N3/c1-14-18-12-17(13-19-15-8-4-2-5-9-15)20(14)16-10-6-3-7-11-16/h2-12,19H,13H2,1H3. The summed E-state index contributed by atoms with van der Waals surface area (Å²) < 4.78 is 2.18. The molecule has 1 heterocycles. The van der Waals surface area contributed by atoms with Crippen LogP contribution in [0.15, 0.2) is 66.9 Å². The van der Waals surface area contributed by atoms with Crippen LogP contribution in [0.4, 0.5) is 5.69 Å². The number of hydrogen-bond acceptors (Lipinski definition) is 2. The molecule has 1 N–H and O–H groups in total. The highest BCUT2D eigenvalue weighted by atomic mass is 15.1. The lowest BCUT2D eigenvalue weighted by Crippen LogP contribution is -2.07. The van der Waals surface area contributed by atoms with Gasteiger partial charge in [0.2, 0.25) is 0 Å². The summed E-state index contributed by atoms with van der Waals surface area (Å²) in [4.78, 5) is 4.43. The van der Waals surface area contributed by atoms with Gasteiger partial charge in [-0.1, -0.05) is 36.4 Å². The van der Waals surface area contributed by atoms with Crippen molar-refractivity contribution in [3.05, 3.63) is 78.4 Å². The van der Waals surface area contributed by atoms with Gasteiger partial charge in [-0.2, -0.15) is 0 Å². The number of aryl methyl sites for hydroxylation is 1. The van der Waals surface area contributed by atoms with Crippen LogP contribution < -0.4 is 5.32 Å². The van der Waals surface area contributed by atoms with Gasteiger partial charge in [0.15, 0.2) is 0 Å². The molecular weight excluding hydrogens is 246 g/mol. The zero-order chi connectivity index (χ0) is 13.8. The molecule has 3 nitrogen and oxygen atoms in total. The zero-order valence-electron chi connectivity index (χ0n) is 11.5. The van der Waals surface area contributed by atoms with E-state index in [0.717, 1.165) is 29.4 Å². The average molecular weight is 263 g/mol. The van der Waals surface area contributed by atoms with Crippen molar-refractivity contribution in [2.45, 2.75) is 13.5 Å². The molecule has 0 radical (unpaired) electrons. The molecule has 3 aromatic rings. The minimum atomic E-state index is 0.750. The summed E-state index contributed by atoms with van der Waals surface area (Å²) in [5.74, 6) is 1.00. The van der Waals surface area contributed by atoms with E-state index in [2.05, 4.69) is 39.1 Å². The number of hydrogen-bond donors (Lipinski definition) is 1. The Hall–Kier alpha value is -2.55. The van der Waals surface area contributed by atoms with E-state index >= 15 is 0 Å². The Balaban J connectivity index is 1.85. The molecule has 0 aliphatic carbocycles. The lowest BCUT2D eigenvalue weighted by molar-refractivity contribution is 0.900. The van der Waals surface area contributed by atoms with Gasteiger partial charge in [0.05, 0.1) is 18.4 Å². The van der Waals surface area contributed by atoms with E-state index in [9.17, 15) is 0 Å². The number of benzene rings is 2. The van der Waals surface area contributed by atoms with Crippen LogP contribution in [0.3, 0.4) is 0 Å². The normalized spacial score (nSPS) is 10.4. The summed E-state index contributed by atoms with van der Waals surface area (Å²) in [6, 6.07) is 20.5. The minimum Gasteiger partial charge on any atom is -0.379 e. The number of anilines is 1. The molecule has 3 rings (SSSR count). The topological polar surface area (TPSA) is 29.9 Å². The van der Waals surface area contributed by atoms with E-state index in [-0.39, 0.29) is 0 Å². The number of para-hydroxylation sites is 2. The fraction of sp³-hybridized carbons (Fsp3) is 0.118. The van der Waals surface area contributed by atoms with Gasteiger partial charge in [0, 0.05) is 11.4 Å². The Bertz CT molecular complexity index is 672. The van der Waals surface area contributed by atoms with Crippen molar-refractivity contribution in [1.82, 2.24) is 9.55 Å². The first-order valence-electron chi connectivity index (χ1n) is 6.72. The lowest BCUT2D eigenvalue weighted by Gasteiger charge is -2.11. The summed E-state index contributed by atoms with van der Waals surface area (Å²) >= 11 is 0. The van der Waals surface area contributed by atoms with Crippen LogP contribution in [-0.4, -0.2) is 9.55 Å². The molecule has 20 heavy (non-hydrogen) atoms. The zero-order valence-corrected chi connectivity index (χ0v) is 11.5. The Labute approximate surface area is 118 Å². The molecule has 0 amide bonds. The molecule has 100 valence electrons. The van der Waals surface area contributed by atoms with E-state index in [0.29, 0.717) is 0 Å². The van der Waals surface area contributed by atoms with Gasteiger partial charge < -0.3 is 5.32 Å². The SMILES string of the molecule is Cc1ncc(CNc2ccccc2)n1-c1ccccc1. The summed E-state index contributed by atoms with van der Waals surface area (Å²) in [5.41, 5.74) is 3.41. The van der Waals surface area contributed by atoms with E-state index in [1.807, 2.05) is 49.5 Å². The fourth-order valence-corrected chi connectivity index (χ4v) is 2.29. The largest absolute Gasteiger partial charge is 0.379 e. The molecule has 0 saturated heterocycles. The van der Waals surface area contributed by atoms with Crippen molar-refractivity contribution >= 4 is 5.69 Å². The number of aromatic nitrogens is 2. The van der Waals surface area contributed by atoms with E-state index in [1.165, 1.54) is 0 Å². The van der Waals surface area contributed by atoms with E-state index in [4.69, 9.17) is 0 Å². The smallest absolute Gasteiger partial charge is 0.110 e. The Kier molecular flexibility index (Phi) is 3.50. The number of imidazole rings is 1. The van der Waals surface area contributed by atoms with Gasteiger partial charge in [-0.05, 0) is 31.2 Å². The van der Waals surface area contributed by atoms with Gasteiger partial charge in [0.1, 0.15) is 5.82 Å². The molecule has 0 aliphatic rings. The summed E-state index contributed by atoms with van der Waals surface area (Å²) in [6.07, 6.45) is 1.93. The first-order chi connectivity index (χ1) is 9.84. The highest BCUT2D eigenvalue weighted by Gasteiger charge is 2.07. The molecule has 0 saturated carbocycles. The first kappa shape index (κ1) is 12.5. The van der Waals surface area contributed by atoms with Crippen LogP contribution in [0.5, 0.6) is 0 Å². The van der Waals surface area contributed by atoms with Crippen molar-refractivity contribution in [3.8, 4) is 5.69 Å². The van der Waals surface area contributed by atoms with Crippen molar-refractivity contribution in [1.29, 1.82) is 0 Å².